The Balaban J connectivity index is 2.56. The molecule has 0 aromatic heterocycles. The Labute approximate surface area is 91.0 Å². The van der Waals surface area contributed by atoms with Crippen LogP contribution in [-0.2, 0) is 5.75 Å². The second-order valence-corrected chi connectivity index (χ2v) is 4.75. The van der Waals surface area contributed by atoms with Gasteiger partial charge in [0.2, 0.25) is 0 Å². The minimum atomic E-state index is -0.184. The van der Waals surface area contributed by atoms with E-state index < -0.39 is 0 Å². The van der Waals surface area contributed by atoms with Crippen LogP contribution in [0, 0.1) is 5.82 Å². The van der Waals surface area contributed by atoms with Gasteiger partial charge < -0.3 is 0 Å². The van der Waals surface area contributed by atoms with Crippen LogP contribution in [0.4, 0.5) is 4.39 Å². The van der Waals surface area contributed by atoms with Gasteiger partial charge in [-0.3, -0.25) is 0 Å². The van der Waals surface area contributed by atoms with Gasteiger partial charge in [-0.2, -0.15) is 11.8 Å². The van der Waals surface area contributed by atoms with E-state index >= 15 is 0 Å². The molecule has 0 N–H and O–H groups in total. The van der Waals surface area contributed by atoms with Crippen LogP contribution < -0.4 is 0 Å². The van der Waals surface area contributed by atoms with Crippen LogP contribution >= 0.6 is 27.7 Å². The second-order valence-electron chi connectivity index (χ2n) is 2.79. The first-order chi connectivity index (χ1) is 6.24. The molecule has 0 unspecified atom stereocenters. The van der Waals surface area contributed by atoms with Crippen LogP contribution in [0.5, 0.6) is 0 Å². The highest BCUT2D eigenvalue weighted by Crippen LogP contribution is 2.22. The van der Waals surface area contributed by atoms with Crippen LogP contribution in [0.3, 0.4) is 0 Å². The van der Waals surface area contributed by atoms with Gasteiger partial charge in [0, 0.05) is 10.2 Å². The zero-order valence-electron chi connectivity index (χ0n) is 7.52. The smallest absolute Gasteiger partial charge is 0.124 e. The number of hydrogen-bond donors (Lipinski definition) is 0. The van der Waals surface area contributed by atoms with Gasteiger partial charge in [0.1, 0.15) is 5.82 Å². The maximum absolute atomic E-state index is 12.7. The van der Waals surface area contributed by atoms with Gasteiger partial charge >= 0.3 is 0 Å². The van der Waals surface area contributed by atoms with Crippen molar-refractivity contribution in [2.45, 2.75) is 19.1 Å². The van der Waals surface area contributed by atoms with Gasteiger partial charge in [-0.25, -0.2) is 4.39 Å². The third-order valence-electron chi connectivity index (χ3n) is 1.62. The van der Waals surface area contributed by atoms with E-state index in [0.717, 1.165) is 16.0 Å². The molecule has 0 amide bonds. The van der Waals surface area contributed by atoms with Crippen LogP contribution in [0.2, 0.25) is 0 Å². The predicted molar refractivity (Wildman–Crippen MR) is 60.6 cm³/mol. The molecule has 0 spiro atoms. The molecule has 1 aromatic carbocycles. The summed E-state index contributed by atoms with van der Waals surface area (Å²) in [6, 6.07) is 4.86. The van der Waals surface area contributed by atoms with E-state index in [1.165, 1.54) is 24.1 Å². The van der Waals surface area contributed by atoms with Gasteiger partial charge in [-0.15, -0.1) is 0 Å². The molecular weight excluding hydrogens is 251 g/mol. The molecule has 72 valence electrons. The molecule has 0 radical (unpaired) electrons. The summed E-state index contributed by atoms with van der Waals surface area (Å²) in [6.07, 6.45) is 1.18. The summed E-state index contributed by atoms with van der Waals surface area (Å²) >= 11 is 5.22. The summed E-state index contributed by atoms with van der Waals surface area (Å²) in [4.78, 5) is 0. The summed E-state index contributed by atoms with van der Waals surface area (Å²) in [7, 11) is 0. The average Bonchev–Trinajstić information content (AvgIpc) is 2.09. The van der Waals surface area contributed by atoms with Gasteiger partial charge in [0.05, 0.1) is 0 Å². The third kappa shape index (κ3) is 3.69. The zero-order chi connectivity index (χ0) is 9.68. The lowest BCUT2D eigenvalue weighted by molar-refractivity contribution is 0.626. The SMILES string of the molecule is CCCSCc1ccc(F)cc1Br. The molecule has 0 nitrogen and oxygen atoms in total. The highest BCUT2D eigenvalue weighted by atomic mass is 79.9. The fraction of sp³-hybridized carbons (Fsp3) is 0.400. The molecular formula is C10H12BrFS. The van der Waals surface area contributed by atoms with E-state index in [9.17, 15) is 4.39 Å². The molecule has 0 bridgehead atoms. The summed E-state index contributed by atoms with van der Waals surface area (Å²) < 4.78 is 13.6. The zero-order valence-corrected chi connectivity index (χ0v) is 9.92. The average molecular weight is 263 g/mol. The standard InChI is InChI=1S/C10H12BrFS/c1-2-5-13-7-8-3-4-9(12)6-10(8)11/h3-4,6H,2,5,7H2,1H3. The Bertz CT molecular complexity index is 276. The van der Waals surface area contributed by atoms with Crippen molar-refractivity contribution in [1.29, 1.82) is 0 Å². The van der Waals surface area contributed by atoms with Crippen molar-refractivity contribution < 1.29 is 4.39 Å². The lowest BCUT2D eigenvalue weighted by atomic mass is 10.2. The summed E-state index contributed by atoms with van der Waals surface area (Å²) in [5, 5.41) is 0. The minimum absolute atomic E-state index is 0.184. The molecule has 0 saturated carbocycles. The van der Waals surface area contributed by atoms with Crippen LogP contribution in [0.25, 0.3) is 0 Å². The molecule has 0 aliphatic heterocycles. The van der Waals surface area contributed by atoms with Crippen LogP contribution in [-0.4, -0.2) is 5.75 Å². The third-order valence-corrected chi connectivity index (χ3v) is 3.57. The highest BCUT2D eigenvalue weighted by Gasteiger charge is 2.00. The lowest BCUT2D eigenvalue weighted by Gasteiger charge is -2.03. The van der Waals surface area contributed by atoms with Crippen molar-refractivity contribution in [2.75, 3.05) is 5.75 Å². The molecule has 0 aliphatic rings. The largest absolute Gasteiger partial charge is 0.207 e. The highest BCUT2D eigenvalue weighted by molar-refractivity contribution is 9.10. The fourth-order valence-corrected chi connectivity index (χ4v) is 2.55. The Hall–Kier alpha value is -0.0200. The molecule has 0 aliphatic carbocycles. The summed E-state index contributed by atoms with van der Waals surface area (Å²) in [6.45, 7) is 2.16. The van der Waals surface area contributed by atoms with Crippen molar-refractivity contribution in [1.82, 2.24) is 0 Å². The summed E-state index contributed by atoms with van der Waals surface area (Å²) in [5.74, 6) is 1.93. The number of halogens is 2. The van der Waals surface area contributed by atoms with E-state index in [4.69, 9.17) is 0 Å². The van der Waals surface area contributed by atoms with Crippen LogP contribution in [0.15, 0.2) is 22.7 Å². The van der Waals surface area contributed by atoms with Gasteiger partial charge in [0.25, 0.3) is 0 Å². The van der Waals surface area contributed by atoms with Gasteiger partial charge in [-0.05, 0) is 29.9 Å². The number of hydrogen-bond acceptors (Lipinski definition) is 1. The van der Waals surface area contributed by atoms with Crippen molar-refractivity contribution in [3.8, 4) is 0 Å². The quantitative estimate of drug-likeness (QED) is 0.732. The van der Waals surface area contributed by atoms with Crippen molar-refractivity contribution in [2.24, 2.45) is 0 Å². The number of thioether (sulfide) groups is 1. The first-order valence-electron chi connectivity index (χ1n) is 4.25. The number of benzene rings is 1. The Morgan fingerprint density at radius 3 is 2.85 bits per heavy atom. The van der Waals surface area contributed by atoms with E-state index in [2.05, 4.69) is 22.9 Å². The second kappa shape index (κ2) is 5.66. The van der Waals surface area contributed by atoms with E-state index in [1.807, 2.05) is 17.8 Å². The number of rotatable bonds is 4. The fourth-order valence-electron chi connectivity index (χ4n) is 0.965. The van der Waals surface area contributed by atoms with E-state index in [-0.39, 0.29) is 5.82 Å². The Morgan fingerprint density at radius 1 is 1.46 bits per heavy atom. The Kier molecular flexibility index (Phi) is 4.81. The molecule has 1 rings (SSSR count). The molecule has 3 heteroatoms. The topological polar surface area (TPSA) is 0 Å². The van der Waals surface area contributed by atoms with Gasteiger partial charge in [0.15, 0.2) is 0 Å². The van der Waals surface area contributed by atoms with Crippen molar-refractivity contribution >= 4 is 27.7 Å². The summed E-state index contributed by atoms with van der Waals surface area (Å²) in [5.41, 5.74) is 1.17. The molecule has 1 aromatic rings. The maximum atomic E-state index is 12.7. The van der Waals surface area contributed by atoms with Gasteiger partial charge in [-0.1, -0.05) is 28.9 Å². The van der Waals surface area contributed by atoms with E-state index in [1.54, 1.807) is 0 Å². The van der Waals surface area contributed by atoms with Crippen molar-refractivity contribution in [3.63, 3.8) is 0 Å². The monoisotopic (exact) mass is 262 g/mol. The molecule has 0 atom stereocenters. The lowest BCUT2D eigenvalue weighted by Crippen LogP contribution is -1.85. The Morgan fingerprint density at radius 2 is 2.23 bits per heavy atom. The minimum Gasteiger partial charge on any atom is -0.207 e. The molecule has 0 saturated heterocycles. The molecule has 13 heavy (non-hydrogen) atoms. The predicted octanol–water partition coefficient (Wildman–Crippen LogP) is 4.23. The first kappa shape index (κ1) is 11.1. The van der Waals surface area contributed by atoms with Crippen LogP contribution in [0.1, 0.15) is 18.9 Å². The maximum Gasteiger partial charge on any atom is 0.124 e. The normalized spacial score (nSPS) is 10.4. The van der Waals surface area contributed by atoms with Crippen molar-refractivity contribution in [3.05, 3.63) is 34.1 Å². The molecule has 0 heterocycles. The first-order valence-corrected chi connectivity index (χ1v) is 6.20. The molecule has 0 fully saturated rings. The van der Waals surface area contributed by atoms with E-state index in [0.29, 0.717) is 0 Å².